The Morgan fingerprint density at radius 2 is 0.625 bits per heavy atom. The Bertz CT molecular complexity index is 8.00. The Kier molecular flexibility index (Phi) is 51800. The van der Waals surface area contributed by atoms with E-state index in [4.69, 9.17) is 0 Å². The van der Waals surface area contributed by atoms with Crippen LogP contribution in [0.3, 0.4) is 0 Å². The molecular formula is C4H22N4. The zero-order valence-electron chi connectivity index (χ0n) is 5.44. The molecule has 0 unspecified atom stereocenters. The summed E-state index contributed by atoms with van der Waals surface area (Å²) >= 11 is 0. The molecule has 0 rings (SSSR count). The molecule has 0 spiro atoms. The molecule has 0 bridgehead atoms. The topological polar surface area (TPSA) is 113 Å². The van der Waals surface area contributed by atoms with Gasteiger partial charge in [0, 0.05) is 0 Å². The minimum Gasteiger partial charge on any atom is -0.344 e. The molecule has 0 aliphatic carbocycles. The Morgan fingerprint density at radius 3 is 0.625 bits per heavy atom. The Labute approximate surface area is 53.0 Å². The van der Waals surface area contributed by atoms with Crippen molar-refractivity contribution in [3.8, 4) is 0 Å². The summed E-state index contributed by atoms with van der Waals surface area (Å²) in [7, 11) is 4.50. The lowest BCUT2D eigenvalue weighted by Crippen LogP contribution is -1.69. The van der Waals surface area contributed by atoms with Gasteiger partial charge in [-0.25, -0.2) is 0 Å². The van der Waals surface area contributed by atoms with Crippen LogP contribution in [0.2, 0.25) is 0 Å². The molecule has 9 N–H and O–H groups in total. The van der Waals surface area contributed by atoms with Crippen molar-refractivity contribution in [1.29, 1.82) is 0 Å². The molecular weight excluding hydrogens is 104 g/mol. The van der Waals surface area contributed by atoms with Gasteiger partial charge in [-0.3, -0.25) is 0 Å². The molecule has 0 aromatic heterocycles. The van der Waals surface area contributed by atoms with Gasteiger partial charge in [0.15, 0.2) is 0 Å². The fourth-order valence-corrected chi connectivity index (χ4v) is 0. The van der Waals surface area contributed by atoms with Crippen molar-refractivity contribution in [2.45, 2.75) is 7.43 Å². The second kappa shape index (κ2) is 9110. The first kappa shape index (κ1) is 45.5. The molecule has 0 radical (unpaired) electrons. The number of hydrogen-bond donors (Lipinski definition) is 4. The summed E-state index contributed by atoms with van der Waals surface area (Å²) in [6, 6.07) is 0. The highest BCUT2D eigenvalue weighted by Gasteiger charge is 0.840. The molecule has 4 heteroatoms. The summed E-state index contributed by atoms with van der Waals surface area (Å²) in [5.41, 5.74) is 13.5. The zero-order chi connectivity index (χ0) is 6.00. The number of nitrogens with two attached hydrogens (primary N) is 3. The van der Waals surface area contributed by atoms with Crippen molar-refractivity contribution in [1.82, 2.24) is 6.15 Å². The average molecular weight is 126 g/mol. The van der Waals surface area contributed by atoms with Crippen molar-refractivity contribution in [2.24, 2.45) is 17.2 Å². The molecule has 0 aromatic rings. The Morgan fingerprint density at radius 1 is 0.625 bits per heavy atom. The lowest BCUT2D eigenvalue weighted by atomic mass is 11.6. The van der Waals surface area contributed by atoms with Crippen molar-refractivity contribution in [3.05, 3.63) is 0 Å². The highest BCUT2D eigenvalue weighted by Crippen LogP contribution is 0.473. The van der Waals surface area contributed by atoms with E-state index in [1.165, 1.54) is 21.1 Å². The van der Waals surface area contributed by atoms with Gasteiger partial charge >= 0.3 is 0 Å². The van der Waals surface area contributed by atoms with Crippen LogP contribution in [0.5, 0.6) is 0 Å². The van der Waals surface area contributed by atoms with E-state index in [0.717, 1.165) is 0 Å². The minimum atomic E-state index is 0. The monoisotopic (exact) mass is 126 g/mol. The molecule has 0 atom stereocenters. The summed E-state index contributed by atoms with van der Waals surface area (Å²) in [4.78, 5) is 0. The molecule has 0 saturated heterocycles. The van der Waals surface area contributed by atoms with Crippen LogP contribution in [-0.4, -0.2) is 21.1 Å². The number of rotatable bonds is 0. The predicted octanol–water partition coefficient (Wildman–Crippen LogP) is -0.477. The molecule has 0 fully saturated rings. The third-order valence-corrected chi connectivity index (χ3v) is 0. The second-order valence-electron chi connectivity index (χ2n) is 0. The van der Waals surface area contributed by atoms with Gasteiger partial charge in [0.1, 0.15) is 0 Å². The highest BCUT2D eigenvalue weighted by atomic mass is 14.4. The van der Waals surface area contributed by atoms with E-state index in [0.29, 0.717) is 0 Å². The largest absolute Gasteiger partial charge is 0.344 e. The third kappa shape index (κ3) is 5340. The van der Waals surface area contributed by atoms with Gasteiger partial charge in [0.05, 0.1) is 0 Å². The first-order valence-corrected chi connectivity index (χ1v) is 1.73. The smallest absolute Gasteiger partial charge is 0.0195 e. The molecule has 58 valence electrons. The van der Waals surface area contributed by atoms with Gasteiger partial charge in [0.2, 0.25) is 0 Å². The summed E-state index contributed by atoms with van der Waals surface area (Å²) < 4.78 is 0. The first-order chi connectivity index (χ1) is 3.00. The van der Waals surface area contributed by atoms with Crippen LogP contribution < -0.4 is 23.4 Å². The maximum Gasteiger partial charge on any atom is -0.0195 e. The maximum atomic E-state index is 4.50. The van der Waals surface area contributed by atoms with Gasteiger partial charge < -0.3 is 23.4 Å². The summed E-state index contributed by atoms with van der Waals surface area (Å²) in [6.07, 6.45) is 0. The predicted molar refractivity (Wildman–Crippen MR) is 42.1 cm³/mol. The fourth-order valence-electron chi connectivity index (χ4n) is 0. The molecule has 0 aliphatic heterocycles. The molecule has 0 aromatic carbocycles. The van der Waals surface area contributed by atoms with Gasteiger partial charge in [-0.1, -0.05) is 7.43 Å². The van der Waals surface area contributed by atoms with Crippen LogP contribution in [0, 0.1) is 0 Å². The van der Waals surface area contributed by atoms with Crippen molar-refractivity contribution in [3.63, 3.8) is 0 Å². The van der Waals surface area contributed by atoms with Gasteiger partial charge in [-0.05, 0) is 21.1 Å². The van der Waals surface area contributed by atoms with Crippen LogP contribution in [0.1, 0.15) is 7.43 Å². The van der Waals surface area contributed by atoms with Gasteiger partial charge in [-0.2, -0.15) is 0 Å². The van der Waals surface area contributed by atoms with Crippen LogP contribution in [0.25, 0.3) is 0 Å². The molecule has 0 aliphatic rings. The lowest BCUT2D eigenvalue weighted by Gasteiger charge is -1.19. The normalized spacial score (nSPS) is 2.25. The van der Waals surface area contributed by atoms with Crippen molar-refractivity contribution < 1.29 is 0 Å². The minimum absolute atomic E-state index is 0. The maximum absolute atomic E-state index is 4.50. The van der Waals surface area contributed by atoms with E-state index in [1.807, 2.05) is 0 Å². The quantitative estimate of drug-likeness (QED) is 0.351. The van der Waals surface area contributed by atoms with Crippen LogP contribution in [0.15, 0.2) is 0 Å². The lowest BCUT2D eigenvalue weighted by molar-refractivity contribution is 1.48. The summed E-state index contributed by atoms with van der Waals surface area (Å²) in [5.74, 6) is 0. The van der Waals surface area contributed by atoms with Crippen LogP contribution >= 0.6 is 0 Å². The van der Waals surface area contributed by atoms with E-state index in [9.17, 15) is 0 Å². The highest BCUT2D eigenvalue weighted by molar-refractivity contribution is 3.54. The molecule has 0 heterocycles. The van der Waals surface area contributed by atoms with E-state index in [2.05, 4.69) is 17.2 Å². The molecule has 0 amide bonds. The van der Waals surface area contributed by atoms with Gasteiger partial charge in [-0.15, -0.1) is 0 Å². The SMILES string of the molecule is C.CN.CN.CN.N. The Balaban J connectivity index is -0.00000000500. The second-order valence-corrected chi connectivity index (χ2v) is 0. The number of hydrogen-bond acceptors (Lipinski definition) is 4. The Hall–Kier alpha value is -0.160. The van der Waals surface area contributed by atoms with E-state index in [1.54, 1.807) is 0 Å². The van der Waals surface area contributed by atoms with Gasteiger partial charge in [0.25, 0.3) is 0 Å². The first-order valence-electron chi connectivity index (χ1n) is 1.73. The standard InChI is InChI=1S/3CH5N.CH4.H3N/c3*1-2;;/h3*2H2,1H3;1H4;1H3. The molecule has 4 nitrogen and oxygen atoms in total. The summed E-state index contributed by atoms with van der Waals surface area (Å²) in [5, 5.41) is 0. The van der Waals surface area contributed by atoms with E-state index < -0.39 is 0 Å². The molecule has 0 saturated carbocycles. The van der Waals surface area contributed by atoms with Crippen LogP contribution in [0.4, 0.5) is 0 Å². The van der Waals surface area contributed by atoms with Crippen LogP contribution in [-0.2, 0) is 0 Å². The molecule has 8 heavy (non-hydrogen) atoms. The average Bonchev–Trinajstić information content (AvgIpc) is 1.81. The zero-order valence-corrected chi connectivity index (χ0v) is 5.44. The van der Waals surface area contributed by atoms with E-state index in [-0.39, 0.29) is 13.6 Å². The third-order valence-electron chi connectivity index (χ3n) is 0. The van der Waals surface area contributed by atoms with E-state index >= 15 is 0 Å². The summed E-state index contributed by atoms with van der Waals surface area (Å²) in [6.45, 7) is 0. The fraction of sp³-hybridized carbons (Fsp3) is 1.00. The van der Waals surface area contributed by atoms with Crippen molar-refractivity contribution >= 4 is 0 Å². The van der Waals surface area contributed by atoms with Crippen molar-refractivity contribution in [2.75, 3.05) is 21.1 Å².